The number of nitrogens with two attached hydrogens (primary N) is 2. The molecular weight excluding hydrogens is 182 g/mol. The zero-order chi connectivity index (χ0) is 11.4. The van der Waals surface area contributed by atoms with Crippen molar-refractivity contribution >= 4 is 11.9 Å². The third-order valence-electron chi connectivity index (χ3n) is 1.57. The standard InChI is InChI=1S/C8H19N5O/c1-5(2)11-7(13-10)12-8(3,4)6(9)14/h5H,10H2,1-4H3,(H2,9,14)(H2,11,12,13). The molecule has 0 heterocycles. The van der Waals surface area contributed by atoms with Gasteiger partial charge in [-0.3, -0.25) is 10.2 Å². The molecule has 0 unspecified atom stereocenters. The van der Waals surface area contributed by atoms with Crippen molar-refractivity contribution in [2.24, 2.45) is 16.6 Å². The lowest BCUT2D eigenvalue weighted by Gasteiger charge is -2.24. The quantitative estimate of drug-likeness (QED) is 0.205. The van der Waals surface area contributed by atoms with Crippen LogP contribution in [0, 0.1) is 0 Å². The maximum atomic E-state index is 11.0. The van der Waals surface area contributed by atoms with E-state index in [4.69, 9.17) is 11.6 Å². The highest BCUT2D eigenvalue weighted by molar-refractivity contribution is 5.90. The van der Waals surface area contributed by atoms with Crippen LogP contribution in [0.4, 0.5) is 0 Å². The van der Waals surface area contributed by atoms with Crippen molar-refractivity contribution in [3.8, 4) is 0 Å². The Morgan fingerprint density at radius 1 is 1.43 bits per heavy atom. The van der Waals surface area contributed by atoms with Gasteiger partial charge in [-0.05, 0) is 27.7 Å². The third-order valence-corrected chi connectivity index (χ3v) is 1.57. The van der Waals surface area contributed by atoms with Crippen LogP contribution in [0.1, 0.15) is 27.7 Å². The SMILES string of the molecule is CC(C)N=C(NN)NC(C)(C)C(N)=O. The van der Waals surface area contributed by atoms with Crippen LogP contribution in [-0.2, 0) is 4.79 Å². The lowest BCUT2D eigenvalue weighted by atomic mass is 10.1. The van der Waals surface area contributed by atoms with Gasteiger partial charge in [-0.1, -0.05) is 0 Å². The van der Waals surface area contributed by atoms with E-state index in [9.17, 15) is 4.79 Å². The normalized spacial score (nSPS) is 12.9. The molecule has 1 amide bonds. The van der Waals surface area contributed by atoms with E-state index in [1.54, 1.807) is 13.8 Å². The number of primary amides is 1. The molecule has 0 rings (SSSR count). The Kier molecular flexibility index (Phi) is 4.36. The van der Waals surface area contributed by atoms with E-state index in [1.165, 1.54) is 0 Å². The number of amides is 1. The van der Waals surface area contributed by atoms with E-state index in [-0.39, 0.29) is 6.04 Å². The highest BCUT2D eigenvalue weighted by Crippen LogP contribution is 1.99. The summed E-state index contributed by atoms with van der Waals surface area (Å²) in [4.78, 5) is 15.1. The van der Waals surface area contributed by atoms with Crippen molar-refractivity contribution in [3.05, 3.63) is 0 Å². The molecule has 0 aliphatic heterocycles. The number of nitrogens with zero attached hydrogens (tertiary/aromatic N) is 1. The summed E-state index contributed by atoms with van der Waals surface area (Å²) in [6.07, 6.45) is 0. The highest BCUT2D eigenvalue weighted by Gasteiger charge is 2.25. The molecule has 82 valence electrons. The summed E-state index contributed by atoms with van der Waals surface area (Å²) >= 11 is 0. The Labute approximate surface area is 84.1 Å². The first kappa shape index (κ1) is 12.7. The monoisotopic (exact) mass is 201 g/mol. The summed E-state index contributed by atoms with van der Waals surface area (Å²) in [6.45, 7) is 7.11. The van der Waals surface area contributed by atoms with Crippen LogP contribution >= 0.6 is 0 Å². The van der Waals surface area contributed by atoms with Crippen LogP contribution in [0.15, 0.2) is 4.99 Å². The summed E-state index contributed by atoms with van der Waals surface area (Å²) in [5.74, 6) is 5.12. The highest BCUT2D eigenvalue weighted by atomic mass is 16.1. The lowest BCUT2D eigenvalue weighted by Crippen LogP contribution is -2.57. The van der Waals surface area contributed by atoms with E-state index in [0.717, 1.165) is 0 Å². The van der Waals surface area contributed by atoms with Gasteiger partial charge in [0.05, 0.1) is 0 Å². The fourth-order valence-electron chi connectivity index (χ4n) is 0.721. The minimum absolute atomic E-state index is 0.0808. The summed E-state index contributed by atoms with van der Waals surface area (Å²) in [5, 5.41) is 2.81. The molecule has 0 aliphatic rings. The number of hydrazine groups is 1. The van der Waals surface area contributed by atoms with Gasteiger partial charge < -0.3 is 11.1 Å². The van der Waals surface area contributed by atoms with Crippen molar-refractivity contribution in [3.63, 3.8) is 0 Å². The van der Waals surface area contributed by atoms with Gasteiger partial charge in [-0.25, -0.2) is 10.8 Å². The Morgan fingerprint density at radius 2 is 1.93 bits per heavy atom. The molecule has 0 saturated carbocycles. The van der Waals surface area contributed by atoms with E-state index in [1.807, 2.05) is 13.8 Å². The molecule has 0 atom stereocenters. The van der Waals surface area contributed by atoms with Crippen molar-refractivity contribution in [2.45, 2.75) is 39.3 Å². The predicted molar refractivity (Wildman–Crippen MR) is 56.3 cm³/mol. The molecule has 6 N–H and O–H groups in total. The first-order chi connectivity index (χ1) is 6.29. The molecule has 0 spiro atoms. The second-order valence-corrected chi connectivity index (χ2v) is 3.83. The smallest absolute Gasteiger partial charge is 0.242 e. The molecule has 0 bridgehead atoms. The topological polar surface area (TPSA) is 106 Å². The number of carbonyl (C=O) groups excluding carboxylic acids is 1. The maximum Gasteiger partial charge on any atom is 0.242 e. The fourth-order valence-corrected chi connectivity index (χ4v) is 0.721. The molecule has 0 aliphatic carbocycles. The second-order valence-electron chi connectivity index (χ2n) is 3.83. The van der Waals surface area contributed by atoms with Gasteiger partial charge in [0.1, 0.15) is 5.54 Å². The number of hydrogen-bond acceptors (Lipinski definition) is 3. The molecule has 0 aromatic heterocycles. The van der Waals surface area contributed by atoms with E-state index in [0.29, 0.717) is 5.96 Å². The third kappa shape index (κ3) is 4.08. The molecule has 0 saturated heterocycles. The second kappa shape index (κ2) is 4.80. The van der Waals surface area contributed by atoms with E-state index < -0.39 is 11.4 Å². The van der Waals surface area contributed by atoms with E-state index in [2.05, 4.69) is 15.7 Å². The zero-order valence-electron chi connectivity index (χ0n) is 9.09. The predicted octanol–water partition coefficient (Wildman–Crippen LogP) is -0.932. The van der Waals surface area contributed by atoms with E-state index >= 15 is 0 Å². The van der Waals surface area contributed by atoms with Gasteiger partial charge in [-0.15, -0.1) is 0 Å². The van der Waals surface area contributed by atoms with Crippen LogP contribution in [-0.4, -0.2) is 23.4 Å². The Balaban J connectivity index is 4.54. The number of aliphatic imine (C=N–C) groups is 1. The van der Waals surface area contributed by atoms with Crippen LogP contribution < -0.4 is 22.3 Å². The molecule has 0 fully saturated rings. The first-order valence-corrected chi connectivity index (χ1v) is 4.42. The molecule has 6 heteroatoms. The maximum absolute atomic E-state index is 11.0. The number of rotatable bonds is 3. The van der Waals surface area contributed by atoms with Crippen LogP contribution in [0.3, 0.4) is 0 Å². The van der Waals surface area contributed by atoms with Gasteiger partial charge in [0, 0.05) is 6.04 Å². The van der Waals surface area contributed by atoms with Crippen LogP contribution in [0.2, 0.25) is 0 Å². The minimum atomic E-state index is -0.875. The molecule has 6 nitrogen and oxygen atoms in total. The molecule has 14 heavy (non-hydrogen) atoms. The van der Waals surface area contributed by atoms with Crippen molar-refractivity contribution < 1.29 is 4.79 Å². The van der Waals surface area contributed by atoms with Crippen molar-refractivity contribution in [2.75, 3.05) is 0 Å². The minimum Gasteiger partial charge on any atom is -0.368 e. The largest absolute Gasteiger partial charge is 0.368 e. The molecule has 0 aromatic carbocycles. The van der Waals surface area contributed by atoms with Gasteiger partial charge in [0.15, 0.2) is 0 Å². The van der Waals surface area contributed by atoms with Gasteiger partial charge in [0.25, 0.3) is 0 Å². The summed E-state index contributed by atoms with van der Waals surface area (Å²) in [7, 11) is 0. The average molecular weight is 201 g/mol. The first-order valence-electron chi connectivity index (χ1n) is 4.42. The molecular formula is C8H19N5O. The fraction of sp³-hybridized carbons (Fsp3) is 0.750. The van der Waals surface area contributed by atoms with Gasteiger partial charge in [-0.2, -0.15) is 0 Å². The van der Waals surface area contributed by atoms with Crippen molar-refractivity contribution in [1.29, 1.82) is 0 Å². The average Bonchev–Trinajstić information content (AvgIpc) is 2.01. The molecule has 0 radical (unpaired) electrons. The number of nitrogens with one attached hydrogen (secondary N) is 2. The summed E-state index contributed by atoms with van der Waals surface area (Å²) < 4.78 is 0. The van der Waals surface area contributed by atoms with Crippen LogP contribution in [0.25, 0.3) is 0 Å². The summed E-state index contributed by atoms with van der Waals surface area (Å²) in [5.41, 5.74) is 6.68. The number of hydrogen-bond donors (Lipinski definition) is 4. The Bertz CT molecular complexity index is 234. The lowest BCUT2D eigenvalue weighted by molar-refractivity contribution is -0.122. The van der Waals surface area contributed by atoms with Crippen LogP contribution in [0.5, 0.6) is 0 Å². The number of guanidine groups is 1. The number of carbonyl (C=O) groups is 1. The molecule has 0 aromatic rings. The Hall–Kier alpha value is -1.30. The Morgan fingerprint density at radius 3 is 2.21 bits per heavy atom. The van der Waals surface area contributed by atoms with Gasteiger partial charge >= 0.3 is 0 Å². The summed E-state index contributed by atoms with van der Waals surface area (Å²) in [6, 6.07) is 0.0808. The zero-order valence-corrected chi connectivity index (χ0v) is 9.09. The van der Waals surface area contributed by atoms with Crippen molar-refractivity contribution in [1.82, 2.24) is 10.7 Å². The van der Waals surface area contributed by atoms with Gasteiger partial charge in [0.2, 0.25) is 11.9 Å².